The van der Waals surface area contributed by atoms with Gasteiger partial charge in [-0.05, 0) is 73.9 Å². The molecule has 3 aliphatic rings. The van der Waals surface area contributed by atoms with E-state index in [1.54, 1.807) is 0 Å². The third-order valence-corrected chi connectivity index (χ3v) is 7.18. The molecule has 4 atom stereocenters. The summed E-state index contributed by atoms with van der Waals surface area (Å²) >= 11 is 0. The lowest BCUT2D eigenvalue weighted by atomic mass is 9.72. The van der Waals surface area contributed by atoms with E-state index in [2.05, 4.69) is 6.08 Å². The number of benzene rings is 2. The standard InChI is InChI=1S/C28H30N2O4/c29-28(33)30(20-10-4-3-5-11-20)21-12-8-9-19(17-21)24(18-15-16-18)25-26(31)22-13-6-1-2-7-14-23(22)34-27(25)32/h2-5,7-12,14,17-18,22,24-26,31H,1,6,13,15-16H2,(H2,29,33). The van der Waals surface area contributed by atoms with Gasteiger partial charge in [0, 0.05) is 11.8 Å². The zero-order chi connectivity index (χ0) is 23.7. The topological polar surface area (TPSA) is 92.9 Å². The van der Waals surface area contributed by atoms with Crippen LogP contribution in [0.3, 0.4) is 0 Å². The number of aliphatic hydroxyl groups is 1. The molecule has 2 aliphatic carbocycles. The van der Waals surface area contributed by atoms with Crippen LogP contribution in [0.2, 0.25) is 0 Å². The maximum absolute atomic E-state index is 13.2. The first-order chi connectivity index (χ1) is 16.5. The van der Waals surface area contributed by atoms with Gasteiger partial charge in [-0.3, -0.25) is 9.69 Å². The van der Waals surface area contributed by atoms with E-state index in [1.807, 2.05) is 66.7 Å². The molecule has 2 aromatic rings. The van der Waals surface area contributed by atoms with E-state index in [4.69, 9.17) is 10.5 Å². The van der Waals surface area contributed by atoms with E-state index >= 15 is 0 Å². The number of fused-ring (bicyclic) bond motifs is 1. The first-order valence-corrected chi connectivity index (χ1v) is 12.1. The molecule has 6 nitrogen and oxygen atoms in total. The average molecular weight is 459 g/mol. The molecular formula is C28H30N2O4. The number of hydrogen-bond acceptors (Lipinski definition) is 4. The van der Waals surface area contributed by atoms with Gasteiger partial charge in [0.05, 0.1) is 23.4 Å². The van der Waals surface area contributed by atoms with E-state index in [9.17, 15) is 14.7 Å². The van der Waals surface area contributed by atoms with E-state index in [-0.39, 0.29) is 17.8 Å². The summed E-state index contributed by atoms with van der Waals surface area (Å²) in [6.07, 6.45) is 9.64. The van der Waals surface area contributed by atoms with E-state index in [1.165, 1.54) is 4.90 Å². The van der Waals surface area contributed by atoms with Gasteiger partial charge in [0.2, 0.25) is 0 Å². The molecule has 1 heterocycles. The number of carbonyl (C=O) groups is 2. The zero-order valence-electron chi connectivity index (χ0n) is 19.0. The lowest BCUT2D eigenvalue weighted by molar-refractivity contribution is -0.160. The van der Waals surface area contributed by atoms with Crippen LogP contribution in [-0.4, -0.2) is 23.2 Å². The smallest absolute Gasteiger partial charge is 0.323 e. The molecule has 176 valence electrons. The second-order valence-electron chi connectivity index (χ2n) is 9.44. The summed E-state index contributed by atoms with van der Waals surface area (Å²) in [6.45, 7) is 0. The molecule has 6 heteroatoms. The van der Waals surface area contributed by atoms with Crippen LogP contribution in [0.1, 0.15) is 43.6 Å². The fourth-order valence-corrected chi connectivity index (χ4v) is 5.44. The van der Waals surface area contributed by atoms with Crippen molar-refractivity contribution in [3.8, 4) is 0 Å². The summed E-state index contributed by atoms with van der Waals surface area (Å²) in [5, 5.41) is 11.5. The lowest BCUT2D eigenvalue weighted by Gasteiger charge is -2.39. The Bertz CT molecular complexity index is 1120. The molecule has 2 amide bonds. The Labute approximate surface area is 199 Å². The second-order valence-corrected chi connectivity index (χ2v) is 9.44. The number of carbonyl (C=O) groups excluding carboxylic acids is 2. The van der Waals surface area contributed by atoms with Crippen LogP contribution >= 0.6 is 0 Å². The van der Waals surface area contributed by atoms with Crippen LogP contribution in [0.4, 0.5) is 16.2 Å². The van der Waals surface area contributed by atoms with Crippen molar-refractivity contribution in [3.05, 3.63) is 84.1 Å². The van der Waals surface area contributed by atoms with Crippen molar-refractivity contribution >= 4 is 23.4 Å². The first kappa shape index (κ1) is 22.4. The Hall–Kier alpha value is -3.38. The normalized spacial score (nSPS) is 25.3. The van der Waals surface area contributed by atoms with Crippen molar-refractivity contribution in [2.24, 2.45) is 23.5 Å². The van der Waals surface area contributed by atoms with Gasteiger partial charge in [-0.1, -0.05) is 42.5 Å². The number of amides is 2. The predicted molar refractivity (Wildman–Crippen MR) is 130 cm³/mol. The number of urea groups is 1. The monoisotopic (exact) mass is 458 g/mol. The number of aliphatic hydroxyl groups excluding tert-OH is 1. The minimum absolute atomic E-state index is 0.185. The highest BCUT2D eigenvalue weighted by atomic mass is 16.5. The highest BCUT2D eigenvalue weighted by Crippen LogP contribution is 2.51. The summed E-state index contributed by atoms with van der Waals surface area (Å²) in [5.74, 6) is -0.538. The van der Waals surface area contributed by atoms with Crippen molar-refractivity contribution in [2.75, 3.05) is 4.90 Å². The predicted octanol–water partition coefficient (Wildman–Crippen LogP) is 5.17. The first-order valence-electron chi connectivity index (χ1n) is 12.1. The third-order valence-electron chi connectivity index (χ3n) is 7.18. The van der Waals surface area contributed by atoms with Gasteiger partial charge in [-0.2, -0.15) is 0 Å². The van der Waals surface area contributed by atoms with E-state index in [0.717, 1.165) is 37.7 Å². The Morgan fingerprint density at radius 3 is 2.56 bits per heavy atom. The van der Waals surface area contributed by atoms with Crippen molar-refractivity contribution in [3.63, 3.8) is 0 Å². The largest absolute Gasteiger partial charge is 0.430 e. The fourth-order valence-electron chi connectivity index (χ4n) is 5.44. The summed E-state index contributed by atoms with van der Waals surface area (Å²) in [6, 6.07) is 16.3. The SMILES string of the molecule is NC(=O)N(c1ccccc1)c1cccc(C(C2CC2)C2C(=O)OC3=CC=CCCCC3C2O)c1. The molecular weight excluding hydrogens is 428 g/mol. The van der Waals surface area contributed by atoms with Gasteiger partial charge < -0.3 is 15.6 Å². The molecule has 1 aliphatic heterocycles. The highest BCUT2D eigenvalue weighted by molar-refractivity contribution is 5.98. The Balaban J connectivity index is 1.51. The molecule has 2 aromatic carbocycles. The number of primary amides is 1. The summed E-state index contributed by atoms with van der Waals surface area (Å²) in [7, 11) is 0. The van der Waals surface area contributed by atoms with Crippen LogP contribution < -0.4 is 10.6 Å². The molecule has 0 spiro atoms. The number of anilines is 2. The van der Waals surface area contributed by atoms with Crippen molar-refractivity contribution in [2.45, 2.75) is 44.1 Å². The molecule has 1 saturated heterocycles. The molecule has 0 bridgehead atoms. The van der Waals surface area contributed by atoms with Crippen molar-refractivity contribution < 1.29 is 19.4 Å². The second kappa shape index (κ2) is 9.47. The molecule has 3 N–H and O–H groups in total. The average Bonchev–Trinajstić information content (AvgIpc) is 3.64. The zero-order valence-corrected chi connectivity index (χ0v) is 19.0. The van der Waals surface area contributed by atoms with Gasteiger partial charge in [0.1, 0.15) is 5.76 Å². The number of hydrogen-bond donors (Lipinski definition) is 2. The van der Waals surface area contributed by atoms with Crippen LogP contribution in [-0.2, 0) is 9.53 Å². The third kappa shape index (κ3) is 4.38. The Morgan fingerprint density at radius 1 is 1.06 bits per heavy atom. The highest BCUT2D eigenvalue weighted by Gasteiger charge is 2.50. The maximum atomic E-state index is 13.2. The fraction of sp³-hybridized carbons (Fsp3) is 0.357. The number of esters is 1. The Morgan fingerprint density at radius 2 is 1.82 bits per heavy atom. The number of nitrogens with two attached hydrogens (primary N) is 1. The van der Waals surface area contributed by atoms with Gasteiger partial charge in [-0.25, -0.2) is 4.79 Å². The molecule has 4 unspecified atom stereocenters. The van der Waals surface area contributed by atoms with Crippen molar-refractivity contribution in [1.82, 2.24) is 0 Å². The number of rotatable bonds is 5. The van der Waals surface area contributed by atoms with Gasteiger partial charge >= 0.3 is 12.0 Å². The molecule has 5 rings (SSSR count). The molecule has 0 radical (unpaired) electrons. The Kier molecular flexibility index (Phi) is 6.24. The maximum Gasteiger partial charge on any atom is 0.323 e. The molecule has 1 saturated carbocycles. The van der Waals surface area contributed by atoms with Crippen LogP contribution in [0.5, 0.6) is 0 Å². The van der Waals surface area contributed by atoms with Gasteiger partial charge in [-0.15, -0.1) is 0 Å². The summed E-state index contributed by atoms with van der Waals surface area (Å²) in [5.41, 5.74) is 7.97. The number of para-hydroxylation sites is 1. The summed E-state index contributed by atoms with van der Waals surface area (Å²) in [4.78, 5) is 27.1. The van der Waals surface area contributed by atoms with Gasteiger partial charge in [0.15, 0.2) is 0 Å². The number of ether oxygens (including phenoxy) is 1. The van der Waals surface area contributed by atoms with E-state index in [0.29, 0.717) is 23.1 Å². The number of allylic oxidation sites excluding steroid dienone is 3. The van der Waals surface area contributed by atoms with Crippen LogP contribution in [0.25, 0.3) is 0 Å². The minimum atomic E-state index is -0.811. The van der Waals surface area contributed by atoms with Crippen molar-refractivity contribution in [1.29, 1.82) is 0 Å². The molecule has 2 fully saturated rings. The minimum Gasteiger partial charge on any atom is -0.430 e. The van der Waals surface area contributed by atoms with Crippen LogP contribution in [0, 0.1) is 17.8 Å². The van der Waals surface area contributed by atoms with Crippen LogP contribution in [0.15, 0.2) is 78.6 Å². The van der Waals surface area contributed by atoms with Gasteiger partial charge in [0.25, 0.3) is 0 Å². The quantitative estimate of drug-likeness (QED) is 0.605. The lowest BCUT2D eigenvalue weighted by Crippen LogP contribution is -2.46. The summed E-state index contributed by atoms with van der Waals surface area (Å²) < 4.78 is 5.80. The molecule has 34 heavy (non-hydrogen) atoms. The number of nitrogens with zero attached hydrogens (tertiary/aromatic N) is 1. The molecule has 0 aromatic heterocycles. The van der Waals surface area contributed by atoms with E-state index < -0.39 is 18.1 Å².